The van der Waals surface area contributed by atoms with Crippen molar-refractivity contribution in [1.29, 1.82) is 0 Å². The van der Waals surface area contributed by atoms with Crippen LogP contribution < -0.4 is 5.32 Å². The summed E-state index contributed by atoms with van der Waals surface area (Å²) in [6, 6.07) is 14.1. The SMILES string of the molecule is FC(F)(F)c1ccc(N/C=C\c2nnnn2-c2ccccc2)cc1. The van der Waals surface area contributed by atoms with Crippen LogP contribution in [0.4, 0.5) is 18.9 Å². The molecule has 0 radical (unpaired) electrons. The molecular weight excluding hydrogens is 319 g/mol. The summed E-state index contributed by atoms with van der Waals surface area (Å²) in [6.45, 7) is 0. The highest BCUT2D eigenvalue weighted by Gasteiger charge is 2.29. The first kappa shape index (κ1) is 15.7. The number of anilines is 1. The van der Waals surface area contributed by atoms with Crippen molar-refractivity contribution < 1.29 is 13.2 Å². The summed E-state index contributed by atoms with van der Waals surface area (Å²) in [4.78, 5) is 0. The number of hydrogen-bond acceptors (Lipinski definition) is 4. The molecule has 0 amide bonds. The fraction of sp³-hybridized carbons (Fsp3) is 0.0625. The first-order chi connectivity index (χ1) is 11.5. The normalized spacial score (nSPS) is 11.8. The number of tetrazole rings is 1. The Morgan fingerprint density at radius 2 is 1.67 bits per heavy atom. The molecule has 0 saturated heterocycles. The molecule has 0 aliphatic carbocycles. The van der Waals surface area contributed by atoms with Gasteiger partial charge in [0.05, 0.1) is 11.3 Å². The number of nitrogens with zero attached hydrogens (tertiary/aromatic N) is 4. The van der Waals surface area contributed by atoms with Gasteiger partial charge in [-0.1, -0.05) is 18.2 Å². The lowest BCUT2D eigenvalue weighted by molar-refractivity contribution is -0.137. The smallest absolute Gasteiger partial charge is 0.362 e. The standard InChI is InChI=1S/C16H12F3N5/c17-16(18,19)12-6-8-13(9-7-12)20-11-10-15-21-22-23-24(15)14-4-2-1-3-5-14/h1-11,20H/b11-10-. The van der Waals surface area contributed by atoms with E-state index in [0.717, 1.165) is 17.8 Å². The van der Waals surface area contributed by atoms with Crippen LogP contribution >= 0.6 is 0 Å². The van der Waals surface area contributed by atoms with E-state index in [0.29, 0.717) is 11.5 Å². The highest BCUT2D eigenvalue weighted by Crippen LogP contribution is 2.29. The van der Waals surface area contributed by atoms with E-state index >= 15 is 0 Å². The van der Waals surface area contributed by atoms with Crippen LogP contribution in [0.15, 0.2) is 60.8 Å². The second-order valence-electron chi connectivity index (χ2n) is 4.84. The van der Waals surface area contributed by atoms with Crippen LogP contribution in [0.25, 0.3) is 11.8 Å². The Hall–Kier alpha value is -3.16. The van der Waals surface area contributed by atoms with E-state index in [2.05, 4.69) is 20.8 Å². The Morgan fingerprint density at radius 1 is 0.958 bits per heavy atom. The molecule has 3 rings (SSSR count). The van der Waals surface area contributed by atoms with E-state index in [4.69, 9.17) is 0 Å². The van der Waals surface area contributed by atoms with Gasteiger partial charge in [0, 0.05) is 18.0 Å². The highest BCUT2D eigenvalue weighted by molar-refractivity contribution is 5.53. The fourth-order valence-corrected chi connectivity index (χ4v) is 2.02. The summed E-state index contributed by atoms with van der Waals surface area (Å²) in [6.07, 6.45) is -1.15. The number of nitrogens with one attached hydrogen (secondary N) is 1. The van der Waals surface area contributed by atoms with E-state index in [9.17, 15) is 13.2 Å². The minimum Gasteiger partial charge on any atom is -0.362 e. The third-order valence-electron chi connectivity index (χ3n) is 3.19. The van der Waals surface area contributed by atoms with Crippen molar-refractivity contribution in [3.63, 3.8) is 0 Å². The molecule has 5 nitrogen and oxygen atoms in total. The third kappa shape index (κ3) is 3.60. The first-order valence-corrected chi connectivity index (χ1v) is 6.98. The summed E-state index contributed by atoms with van der Waals surface area (Å²) in [7, 11) is 0. The lowest BCUT2D eigenvalue weighted by atomic mass is 10.2. The minimum atomic E-state index is -4.34. The molecule has 0 spiro atoms. The van der Waals surface area contributed by atoms with Crippen LogP contribution in [-0.2, 0) is 6.18 Å². The zero-order valence-corrected chi connectivity index (χ0v) is 12.3. The summed E-state index contributed by atoms with van der Waals surface area (Å²) in [5, 5.41) is 14.3. The molecule has 8 heteroatoms. The van der Waals surface area contributed by atoms with Gasteiger partial charge in [0.15, 0.2) is 5.82 Å². The summed E-state index contributed by atoms with van der Waals surface area (Å²) < 4.78 is 39.1. The van der Waals surface area contributed by atoms with Gasteiger partial charge >= 0.3 is 6.18 Å². The highest BCUT2D eigenvalue weighted by atomic mass is 19.4. The number of para-hydroxylation sites is 1. The molecule has 122 valence electrons. The second-order valence-corrected chi connectivity index (χ2v) is 4.84. The van der Waals surface area contributed by atoms with Gasteiger partial charge in [-0.2, -0.15) is 17.9 Å². The van der Waals surface area contributed by atoms with E-state index in [1.807, 2.05) is 30.3 Å². The number of halogens is 3. The fourth-order valence-electron chi connectivity index (χ4n) is 2.02. The third-order valence-corrected chi connectivity index (χ3v) is 3.19. The zero-order chi connectivity index (χ0) is 17.0. The molecule has 24 heavy (non-hydrogen) atoms. The summed E-state index contributed by atoms with van der Waals surface area (Å²) in [5.74, 6) is 0.487. The van der Waals surface area contributed by atoms with Crippen molar-refractivity contribution >= 4 is 11.8 Å². The van der Waals surface area contributed by atoms with Crippen molar-refractivity contribution in [3.8, 4) is 5.69 Å². The van der Waals surface area contributed by atoms with Crippen molar-refractivity contribution in [2.45, 2.75) is 6.18 Å². The van der Waals surface area contributed by atoms with Crippen molar-refractivity contribution in [1.82, 2.24) is 20.2 Å². The van der Waals surface area contributed by atoms with Gasteiger partial charge in [-0.05, 0) is 46.8 Å². The summed E-state index contributed by atoms with van der Waals surface area (Å²) in [5.41, 5.74) is 0.639. The molecule has 0 atom stereocenters. The molecule has 0 bridgehead atoms. The Bertz CT molecular complexity index is 823. The molecule has 0 saturated carbocycles. The Balaban J connectivity index is 1.71. The lowest BCUT2D eigenvalue weighted by Crippen LogP contribution is -2.04. The van der Waals surface area contributed by atoms with Gasteiger partial charge in [0.2, 0.25) is 0 Å². The van der Waals surface area contributed by atoms with E-state index in [-0.39, 0.29) is 0 Å². The number of benzene rings is 2. The van der Waals surface area contributed by atoms with Gasteiger partial charge in [0.25, 0.3) is 0 Å². The lowest BCUT2D eigenvalue weighted by Gasteiger charge is -2.07. The van der Waals surface area contributed by atoms with Crippen molar-refractivity contribution in [2.75, 3.05) is 5.32 Å². The van der Waals surface area contributed by atoms with Crippen LogP contribution in [0.2, 0.25) is 0 Å². The van der Waals surface area contributed by atoms with Crippen molar-refractivity contribution in [2.24, 2.45) is 0 Å². The number of alkyl halides is 3. The van der Waals surface area contributed by atoms with E-state index in [1.165, 1.54) is 12.1 Å². The maximum absolute atomic E-state index is 12.5. The molecule has 0 fully saturated rings. The summed E-state index contributed by atoms with van der Waals surface area (Å²) >= 11 is 0. The van der Waals surface area contributed by atoms with Gasteiger partial charge in [-0.25, -0.2) is 0 Å². The number of rotatable bonds is 4. The molecule has 0 aliphatic rings. The number of hydrogen-bond donors (Lipinski definition) is 1. The van der Waals surface area contributed by atoms with Gasteiger partial charge in [-0.3, -0.25) is 0 Å². The maximum atomic E-state index is 12.5. The van der Waals surface area contributed by atoms with Crippen LogP contribution in [0, 0.1) is 0 Å². The van der Waals surface area contributed by atoms with E-state index in [1.54, 1.807) is 17.0 Å². The van der Waals surface area contributed by atoms with Gasteiger partial charge < -0.3 is 5.32 Å². The minimum absolute atomic E-state index is 0.487. The quantitative estimate of drug-likeness (QED) is 0.791. The molecule has 1 heterocycles. The van der Waals surface area contributed by atoms with E-state index < -0.39 is 11.7 Å². The molecule has 1 N–H and O–H groups in total. The van der Waals surface area contributed by atoms with Crippen LogP contribution in [0.3, 0.4) is 0 Å². The molecule has 3 aromatic rings. The Morgan fingerprint density at radius 3 is 2.33 bits per heavy atom. The maximum Gasteiger partial charge on any atom is 0.416 e. The van der Waals surface area contributed by atoms with Gasteiger partial charge in [0.1, 0.15) is 0 Å². The van der Waals surface area contributed by atoms with Gasteiger partial charge in [-0.15, -0.1) is 5.10 Å². The predicted octanol–water partition coefficient (Wildman–Crippen LogP) is 3.76. The average molecular weight is 331 g/mol. The molecule has 0 aliphatic heterocycles. The van der Waals surface area contributed by atoms with Crippen LogP contribution in [0.5, 0.6) is 0 Å². The van der Waals surface area contributed by atoms with Crippen LogP contribution in [-0.4, -0.2) is 20.2 Å². The zero-order valence-electron chi connectivity index (χ0n) is 12.3. The number of aromatic nitrogens is 4. The predicted molar refractivity (Wildman–Crippen MR) is 83.3 cm³/mol. The molecule has 0 unspecified atom stereocenters. The molecule has 1 aromatic heterocycles. The Kier molecular flexibility index (Phi) is 4.28. The molecule has 2 aromatic carbocycles. The topological polar surface area (TPSA) is 55.6 Å². The Labute approximate surface area is 135 Å². The van der Waals surface area contributed by atoms with Crippen molar-refractivity contribution in [3.05, 3.63) is 72.2 Å². The largest absolute Gasteiger partial charge is 0.416 e. The van der Waals surface area contributed by atoms with Crippen LogP contribution in [0.1, 0.15) is 11.4 Å². The molecular formula is C16H12F3N5. The first-order valence-electron chi connectivity index (χ1n) is 6.98. The second kappa shape index (κ2) is 6.53. The monoisotopic (exact) mass is 331 g/mol. The average Bonchev–Trinajstić information content (AvgIpc) is 3.04.